The molecule has 1 aromatic carbocycles. The fraction of sp³-hybridized carbons (Fsp3) is 0.364. The van der Waals surface area contributed by atoms with Crippen LogP contribution in [0.25, 0.3) is 0 Å². The molecule has 0 aliphatic carbocycles. The summed E-state index contributed by atoms with van der Waals surface area (Å²) in [5, 5.41) is 2.52. The lowest BCUT2D eigenvalue weighted by Gasteiger charge is -2.12. The van der Waals surface area contributed by atoms with Gasteiger partial charge in [0.15, 0.2) is 11.6 Å². The normalized spacial score (nSPS) is 12.3. The molecule has 1 N–H and O–H groups in total. The monoisotopic (exact) mass is 247 g/mol. The van der Waals surface area contributed by atoms with E-state index in [1.807, 2.05) is 13.8 Å². The van der Waals surface area contributed by atoms with Crippen molar-refractivity contribution in [3.8, 4) is 0 Å². The number of nitrogens with one attached hydrogen (secondary N) is 1. The summed E-state index contributed by atoms with van der Waals surface area (Å²) < 4.78 is 25.7. The number of amides is 1. The Morgan fingerprint density at radius 3 is 2.56 bits per heavy atom. The fourth-order valence-corrected chi connectivity index (χ4v) is 1.34. The fourth-order valence-electron chi connectivity index (χ4n) is 1.10. The average molecular weight is 248 g/mol. The summed E-state index contributed by atoms with van der Waals surface area (Å²) in [4.78, 5) is 11.6. The van der Waals surface area contributed by atoms with Gasteiger partial charge in [0.25, 0.3) is 5.91 Å². The van der Waals surface area contributed by atoms with Crippen molar-refractivity contribution >= 4 is 17.5 Å². The third-order valence-electron chi connectivity index (χ3n) is 2.24. The minimum absolute atomic E-state index is 0.0447. The van der Waals surface area contributed by atoms with Gasteiger partial charge in [0.1, 0.15) is 0 Å². The predicted octanol–water partition coefficient (Wildman–Crippen LogP) is 3.15. The van der Waals surface area contributed by atoms with Crippen molar-refractivity contribution in [2.75, 3.05) is 0 Å². The zero-order valence-electron chi connectivity index (χ0n) is 8.98. The zero-order valence-corrected chi connectivity index (χ0v) is 9.74. The lowest BCUT2D eigenvalue weighted by atomic mass is 10.1. The van der Waals surface area contributed by atoms with Gasteiger partial charge in [0.05, 0.1) is 10.6 Å². The lowest BCUT2D eigenvalue weighted by Crippen LogP contribution is -2.32. The highest BCUT2D eigenvalue weighted by atomic mass is 35.5. The molecule has 16 heavy (non-hydrogen) atoms. The average Bonchev–Trinajstić information content (AvgIpc) is 2.23. The second-order valence-electron chi connectivity index (χ2n) is 3.53. The molecule has 0 saturated carbocycles. The maximum absolute atomic E-state index is 12.9. The lowest BCUT2D eigenvalue weighted by molar-refractivity contribution is 0.0939. The SMILES string of the molecule is CC[C@@H](C)NC(=O)c1cc(F)c(F)cc1Cl. The Kier molecular flexibility index (Phi) is 4.24. The molecule has 0 unspecified atom stereocenters. The third kappa shape index (κ3) is 2.92. The number of hydrogen-bond acceptors (Lipinski definition) is 1. The van der Waals surface area contributed by atoms with E-state index in [2.05, 4.69) is 5.32 Å². The van der Waals surface area contributed by atoms with Crippen molar-refractivity contribution in [1.82, 2.24) is 5.32 Å². The molecule has 1 atom stereocenters. The first kappa shape index (κ1) is 12.9. The Bertz CT molecular complexity index is 409. The number of benzene rings is 1. The Morgan fingerprint density at radius 1 is 1.44 bits per heavy atom. The highest BCUT2D eigenvalue weighted by Gasteiger charge is 2.15. The summed E-state index contributed by atoms with van der Waals surface area (Å²) in [6, 6.07) is 1.55. The van der Waals surface area contributed by atoms with Crippen LogP contribution in [0.1, 0.15) is 30.6 Å². The van der Waals surface area contributed by atoms with E-state index in [1.54, 1.807) is 0 Å². The first-order valence-electron chi connectivity index (χ1n) is 4.91. The number of hydrogen-bond donors (Lipinski definition) is 1. The summed E-state index contributed by atoms with van der Waals surface area (Å²) in [5.74, 6) is -2.65. The topological polar surface area (TPSA) is 29.1 Å². The molecule has 0 aliphatic rings. The van der Waals surface area contributed by atoms with E-state index in [0.717, 1.165) is 18.6 Å². The molecule has 0 fully saturated rings. The summed E-state index contributed by atoms with van der Waals surface area (Å²) >= 11 is 5.66. The summed E-state index contributed by atoms with van der Waals surface area (Å²) in [5.41, 5.74) is -0.0548. The second kappa shape index (κ2) is 5.25. The van der Waals surface area contributed by atoms with Crippen LogP contribution in [0.5, 0.6) is 0 Å². The van der Waals surface area contributed by atoms with Gasteiger partial charge < -0.3 is 5.32 Å². The zero-order chi connectivity index (χ0) is 12.3. The van der Waals surface area contributed by atoms with Crippen molar-refractivity contribution in [3.05, 3.63) is 34.4 Å². The molecule has 0 aliphatic heterocycles. The number of halogens is 3. The van der Waals surface area contributed by atoms with Crippen LogP contribution in [0.2, 0.25) is 5.02 Å². The molecule has 2 nitrogen and oxygen atoms in total. The maximum Gasteiger partial charge on any atom is 0.253 e. The van der Waals surface area contributed by atoms with Crippen LogP contribution in [0.4, 0.5) is 8.78 Å². The Balaban J connectivity index is 2.96. The molecule has 0 heterocycles. The number of carbonyl (C=O) groups excluding carboxylic acids is 1. The maximum atomic E-state index is 12.9. The predicted molar refractivity (Wildman–Crippen MR) is 58.6 cm³/mol. The molecule has 1 rings (SSSR count). The van der Waals surface area contributed by atoms with Gasteiger partial charge in [-0.3, -0.25) is 4.79 Å². The molecule has 0 saturated heterocycles. The van der Waals surface area contributed by atoms with E-state index < -0.39 is 17.5 Å². The first-order valence-corrected chi connectivity index (χ1v) is 5.29. The molecular weight excluding hydrogens is 236 g/mol. The van der Waals surface area contributed by atoms with E-state index >= 15 is 0 Å². The smallest absolute Gasteiger partial charge is 0.253 e. The van der Waals surface area contributed by atoms with Crippen LogP contribution in [-0.2, 0) is 0 Å². The van der Waals surface area contributed by atoms with Crippen molar-refractivity contribution in [3.63, 3.8) is 0 Å². The van der Waals surface area contributed by atoms with Gasteiger partial charge in [-0.1, -0.05) is 18.5 Å². The second-order valence-corrected chi connectivity index (χ2v) is 3.94. The van der Waals surface area contributed by atoms with Crippen LogP contribution >= 0.6 is 11.6 Å². The Labute approximate surface area is 97.6 Å². The summed E-state index contributed by atoms with van der Waals surface area (Å²) in [6.07, 6.45) is 0.743. The van der Waals surface area contributed by atoms with E-state index in [1.165, 1.54) is 0 Å². The van der Waals surface area contributed by atoms with Crippen molar-refractivity contribution in [2.45, 2.75) is 26.3 Å². The van der Waals surface area contributed by atoms with Crippen LogP contribution in [0.3, 0.4) is 0 Å². The van der Waals surface area contributed by atoms with E-state index in [-0.39, 0.29) is 16.6 Å². The van der Waals surface area contributed by atoms with Crippen molar-refractivity contribution < 1.29 is 13.6 Å². The summed E-state index contributed by atoms with van der Waals surface area (Å²) in [7, 11) is 0. The van der Waals surface area contributed by atoms with Gasteiger partial charge in [0, 0.05) is 6.04 Å². The van der Waals surface area contributed by atoms with Gasteiger partial charge in [0.2, 0.25) is 0 Å². The number of rotatable bonds is 3. The van der Waals surface area contributed by atoms with Gasteiger partial charge >= 0.3 is 0 Å². The van der Waals surface area contributed by atoms with Crippen LogP contribution < -0.4 is 5.32 Å². The molecule has 1 amide bonds. The van der Waals surface area contributed by atoms with Crippen LogP contribution in [0, 0.1) is 11.6 Å². The molecule has 0 radical (unpaired) electrons. The molecule has 88 valence electrons. The third-order valence-corrected chi connectivity index (χ3v) is 2.56. The molecule has 1 aromatic rings. The molecular formula is C11H12ClF2NO. The van der Waals surface area contributed by atoms with Gasteiger partial charge in [-0.25, -0.2) is 8.78 Å². The Morgan fingerprint density at radius 2 is 2.00 bits per heavy atom. The van der Waals surface area contributed by atoms with Crippen molar-refractivity contribution in [1.29, 1.82) is 0 Å². The summed E-state index contributed by atoms with van der Waals surface area (Å²) in [6.45, 7) is 3.71. The standard InChI is InChI=1S/C11H12ClF2NO/c1-3-6(2)15-11(16)7-4-9(13)10(14)5-8(7)12/h4-6H,3H2,1-2H3,(H,15,16)/t6-/m1/s1. The minimum atomic E-state index is -1.08. The van der Waals surface area contributed by atoms with Gasteiger partial charge in [-0.2, -0.15) is 0 Å². The van der Waals surface area contributed by atoms with Gasteiger partial charge in [-0.05, 0) is 25.5 Å². The quantitative estimate of drug-likeness (QED) is 0.817. The largest absolute Gasteiger partial charge is 0.350 e. The molecule has 0 aromatic heterocycles. The highest BCUT2D eigenvalue weighted by Crippen LogP contribution is 2.20. The van der Waals surface area contributed by atoms with E-state index in [4.69, 9.17) is 11.6 Å². The molecule has 0 bridgehead atoms. The Hall–Kier alpha value is -1.16. The molecule has 0 spiro atoms. The van der Waals surface area contributed by atoms with Gasteiger partial charge in [-0.15, -0.1) is 0 Å². The van der Waals surface area contributed by atoms with E-state index in [9.17, 15) is 13.6 Å². The van der Waals surface area contributed by atoms with Crippen LogP contribution in [-0.4, -0.2) is 11.9 Å². The number of carbonyl (C=O) groups is 1. The van der Waals surface area contributed by atoms with Crippen molar-refractivity contribution in [2.24, 2.45) is 0 Å². The minimum Gasteiger partial charge on any atom is -0.350 e. The van der Waals surface area contributed by atoms with Crippen LogP contribution in [0.15, 0.2) is 12.1 Å². The molecule has 5 heteroatoms. The highest BCUT2D eigenvalue weighted by molar-refractivity contribution is 6.33. The first-order chi connectivity index (χ1) is 7.45. The van der Waals surface area contributed by atoms with E-state index in [0.29, 0.717) is 0 Å².